The van der Waals surface area contributed by atoms with Crippen LogP contribution in [0.25, 0.3) is 0 Å². The van der Waals surface area contributed by atoms with E-state index in [1.54, 1.807) is 24.3 Å². The lowest BCUT2D eigenvalue weighted by Crippen LogP contribution is -2.31. The Balaban J connectivity index is 1.87. The quantitative estimate of drug-likeness (QED) is 0.774. The minimum atomic E-state index is -0.518. The number of amides is 1. The second kappa shape index (κ2) is 8.37. The molecule has 0 radical (unpaired) electrons. The predicted molar refractivity (Wildman–Crippen MR) is 103 cm³/mol. The number of hydrogen-bond acceptors (Lipinski definition) is 3. The third-order valence-electron chi connectivity index (χ3n) is 4.05. The van der Waals surface area contributed by atoms with Crippen molar-refractivity contribution in [3.05, 3.63) is 70.2 Å². The molecule has 0 saturated heterocycles. The minimum Gasteiger partial charge on any atom is -0.452 e. The van der Waals surface area contributed by atoms with Gasteiger partial charge in [-0.2, -0.15) is 0 Å². The molecule has 138 valence electrons. The van der Waals surface area contributed by atoms with Crippen molar-refractivity contribution in [3.63, 3.8) is 0 Å². The first-order valence-corrected chi connectivity index (χ1v) is 8.87. The lowest BCUT2D eigenvalue weighted by atomic mass is 9.87. The summed E-state index contributed by atoms with van der Waals surface area (Å²) in [6, 6.07) is 14.3. The van der Waals surface area contributed by atoms with E-state index in [1.807, 2.05) is 31.2 Å². The summed E-state index contributed by atoms with van der Waals surface area (Å²) in [5.74, 6) is -0.881. The second-order valence-corrected chi connectivity index (χ2v) is 7.68. The van der Waals surface area contributed by atoms with Gasteiger partial charge in [0.1, 0.15) is 0 Å². The summed E-state index contributed by atoms with van der Waals surface area (Å²) in [6.07, 6.45) is 0. The van der Waals surface area contributed by atoms with E-state index in [2.05, 4.69) is 26.1 Å². The lowest BCUT2D eigenvalue weighted by molar-refractivity contribution is -0.124. The molecule has 2 rings (SSSR count). The SMILES string of the molecule is C[C@H](NC(=O)COC(=O)c1ccc(C(C)(C)C)cc1)c1cccc(Cl)c1. The Morgan fingerprint density at radius 3 is 2.35 bits per heavy atom. The van der Waals surface area contributed by atoms with E-state index in [1.165, 1.54) is 0 Å². The van der Waals surface area contributed by atoms with Crippen LogP contribution >= 0.6 is 11.6 Å². The molecule has 0 aliphatic rings. The van der Waals surface area contributed by atoms with Crippen LogP contribution in [0.1, 0.15) is 55.2 Å². The van der Waals surface area contributed by atoms with Gasteiger partial charge in [-0.1, -0.05) is 56.6 Å². The van der Waals surface area contributed by atoms with Crippen LogP contribution in [0.15, 0.2) is 48.5 Å². The number of esters is 1. The Kier molecular flexibility index (Phi) is 6.43. The predicted octanol–water partition coefficient (Wildman–Crippen LogP) is 4.67. The Bertz CT molecular complexity index is 779. The van der Waals surface area contributed by atoms with Crippen molar-refractivity contribution in [2.24, 2.45) is 0 Å². The smallest absolute Gasteiger partial charge is 0.338 e. The van der Waals surface area contributed by atoms with E-state index in [0.717, 1.165) is 11.1 Å². The van der Waals surface area contributed by atoms with E-state index in [0.29, 0.717) is 10.6 Å². The van der Waals surface area contributed by atoms with Crippen molar-refractivity contribution in [2.45, 2.75) is 39.2 Å². The first-order chi connectivity index (χ1) is 12.2. The third kappa shape index (κ3) is 5.60. The lowest BCUT2D eigenvalue weighted by Gasteiger charge is -2.19. The average Bonchev–Trinajstić information content (AvgIpc) is 2.59. The molecule has 26 heavy (non-hydrogen) atoms. The Morgan fingerprint density at radius 1 is 1.12 bits per heavy atom. The zero-order chi connectivity index (χ0) is 19.3. The summed E-state index contributed by atoms with van der Waals surface area (Å²) < 4.78 is 5.10. The largest absolute Gasteiger partial charge is 0.452 e. The molecule has 0 fully saturated rings. The van der Waals surface area contributed by atoms with E-state index in [4.69, 9.17) is 16.3 Å². The fourth-order valence-corrected chi connectivity index (χ4v) is 2.66. The van der Waals surface area contributed by atoms with Gasteiger partial charge in [-0.15, -0.1) is 0 Å². The van der Waals surface area contributed by atoms with Gasteiger partial charge in [0, 0.05) is 5.02 Å². The van der Waals surface area contributed by atoms with Crippen molar-refractivity contribution < 1.29 is 14.3 Å². The highest BCUT2D eigenvalue weighted by Gasteiger charge is 2.16. The maximum absolute atomic E-state index is 12.1. The monoisotopic (exact) mass is 373 g/mol. The van der Waals surface area contributed by atoms with Gasteiger partial charge in [-0.25, -0.2) is 4.79 Å². The molecule has 0 bridgehead atoms. The van der Waals surface area contributed by atoms with Crippen LogP contribution < -0.4 is 5.32 Å². The summed E-state index contributed by atoms with van der Waals surface area (Å²) in [5, 5.41) is 3.39. The van der Waals surface area contributed by atoms with Crippen molar-refractivity contribution in [1.82, 2.24) is 5.32 Å². The standard InChI is InChI=1S/C21H24ClNO3/c1-14(16-6-5-7-18(22)12-16)23-19(24)13-26-20(25)15-8-10-17(11-9-15)21(2,3)4/h5-12,14H,13H2,1-4H3,(H,23,24)/t14-/m0/s1. The fourth-order valence-electron chi connectivity index (χ4n) is 2.46. The van der Waals surface area contributed by atoms with Crippen LogP contribution in [0.5, 0.6) is 0 Å². The Labute approximate surface area is 159 Å². The summed E-state index contributed by atoms with van der Waals surface area (Å²) >= 11 is 5.95. The molecule has 0 aromatic heterocycles. The van der Waals surface area contributed by atoms with E-state index in [-0.39, 0.29) is 24.0 Å². The van der Waals surface area contributed by atoms with Crippen LogP contribution in [0.3, 0.4) is 0 Å². The molecule has 0 aliphatic heterocycles. The van der Waals surface area contributed by atoms with Gasteiger partial charge >= 0.3 is 5.97 Å². The molecule has 1 N–H and O–H groups in total. The van der Waals surface area contributed by atoms with Crippen LogP contribution in [0.4, 0.5) is 0 Å². The molecule has 2 aromatic rings. The molecule has 2 aromatic carbocycles. The van der Waals surface area contributed by atoms with Gasteiger partial charge in [0.05, 0.1) is 11.6 Å². The molecule has 0 aliphatic carbocycles. The molecule has 0 saturated carbocycles. The Hall–Kier alpha value is -2.33. The number of carbonyl (C=O) groups excluding carboxylic acids is 2. The zero-order valence-electron chi connectivity index (χ0n) is 15.5. The number of carbonyl (C=O) groups is 2. The highest BCUT2D eigenvalue weighted by molar-refractivity contribution is 6.30. The number of nitrogens with one attached hydrogen (secondary N) is 1. The van der Waals surface area contributed by atoms with Gasteiger partial charge in [0.25, 0.3) is 5.91 Å². The third-order valence-corrected chi connectivity index (χ3v) is 4.28. The molecule has 5 heteroatoms. The maximum Gasteiger partial charge on any atom is 0.338 e. The molecular weight excluding hydrogens is 350 g/mol. The normalized spacial score (nSPS) is 12.3. The Morgan fingerprint density at radius 2 is 1.77 bits per heavy atom. The molecule has 0 heterocycles. The maximum atomic E-state index is 12.1. The molecule has 4 nitrogen and oxygen atoms in total. The van der Waals surface area contributed by atoms with E-state index < -0.39 is 5.97 Å². The van der Waals surface area contributed by atoms with Crippen molar-refractivity contribution in [2.75, 3.05) is 6.61 Å². The number of benzene rings is 2. The second-order valence-electron chi connectivity index (χ2n) is 7.25. The summed E-state index contributed by atoms with van der Waals surface area (Å²) in [7, 11) is 0. The van der Waals surface area contributed by atoms with Gasteiger partial charge in [-0.05, 0) is 47.7 Å². The summed E-state index contributed by atoms with van der Waals surface area (Å²) in [6.45, 7) is 7.82. The molecule has 1 amide bonds. The zero-order valence-corrected chi connectivity index (χ0v) is 16.3. The first-order valence-electron chi connectivity index (χ1n) is 8.49. The van der Waals surface area contributed by atoms with Crippen molar-refractivity contribution in [3.8, 4) is 0 Å². The topological polar surface area (TPSA) is 55.4 Å². The minimum absolute atomic E-state index is 0.0127. The van der Waals surface area contributed by atoms with Crippen LogP contribution in [0, 0.1) is 0 Å². The molecule has 0 unspecified atom stereocenters. The van der Waals surface area contributed by atoms with Crippen LogP contribution in [0.2, 0.25) is 5.02 Å². The van der Waals surface area contributed by atoms with Crippen LogP contribution in [-0.2, 0) is 14.9 Å². The van der Waals surface area contributed by atoms with E-state index in [9.17, 15) is 9.59 Å². The number of ether oxygens (including phenoxy) is 1. The van der Waals surface area contributed by atoms with Gasteiger partial charge in [0.2, 0.25) is 0 Å². The number of halogens is 1. The van der Waals surface area contributed by atoms with Crippen LogP contribution in [-0.4, -0.2) is 18.5 Å². The number of rotatable bonds is 5. The number of hydrogen-bond donors (Lipinski definition) is 1. The molecular formula is C21H24ClNO3. The van der Waals surface area contributed by atoms with Gasteiger partial charge < -0.3 is 10.1 Å². The van der Waals surface area contributed by atoms with Crippen molar-refractivity contribution in [1.29, 1.82) is 0 Å². The summed E-state index contributed by atoms with van der Waals surface area (Å²) in [5.41, 5.74) is 2.45. The molecule has 1 atom stereocenters. The average molecular weight is 374 g/mol. The highest BCUT2D eigenvalue weighted by atomic mass is 35.5. The van der Waals surface area contributed by atoms with Gasteiger partial charge in [0.15, 0.2) is 6.61 Å². The summed E-state index contributed by atoms with van der Waals surface area (Å²) in [4.78, 5) is 24.1. The van der Waals surface area contributed by atoms with E-state index >= 15 is 0 Å². The van der Waals surface area contributed by atoms with Crippen molar-refractivity contribution >= 4 is 23.5 Å². The van der Waals surface area contributed by atoms with Gasteiger partial charge in [-0.3, -0.25) is 4.79 Å². The highest BCUT2D eigenvalue weighted by Crippen LogP contribution is 2.22. The fraction of sp³-hybridized carbons (Fsp3) is 0.333. The molecule has 0 spiro atoms. The first kappa shape index (κ1) is 20.0.